The molecule has 600 valence electrons. The van der Waals surface area contributed by atoms with E-state index in [2.05, 4.69) is 119 Å². The lowest BCUT2D eigenvalue weighted by molar-refractivity contribution is -0.161. The molecular weight excluding hydrogens is 1350 g/mol. The van der Waals surface area contributed by atoms with Gasteiger partial charge in [0, 0.05) is 25.7 Å². The van der Waals surface area contributed by atoms with Gasteiger partial charge in [0.25, 0.3) is 0 Å². The van der Waals surface area contributed by atoms with Crippen LogP contribution in [0.1, 0.15) is 349 Å². The minimum Gasteiger partial charge on any atom is -0.462 e. The quantitative estimate of drug-likeness (QED) is 0.0169. The predicted molar refractivity (Wildman–Crippen MR) is 427 cm³/mol. The Labute approximate surface area is 632 Å². The van der Waals surface area contributed by atoms with Gasteiger partial charge in [-0.3, -0.25) is 37.3 Å². The highest BCUT2D eigenvalue weighted by atomic mass is 31.2. The number of carbonyl (C=O) groups excluding carboxylic acids is 4. The molecule has 17 nitrogen and oxygen atoms in total. The number of carbonyl (C=O) groups is 4. The van der Waals surface area contributed by atoms with E-state index >= 15 is 0 Å². The van der Waals surface area contributed by atoms with E-state index in [-0.39, 0.29) is 25.7 Å². The summed E-state index contributed by atoms with van der Waals surface area (Å²) in [5.41, 5.74) is 0. The molecule has 0 rings (SSSR count). The summed E-state index contributed by atoms with van der Waals surface area (Å²) in [5, 5.41) is 10.6. The second-order valence-electron chi connectivity index (χ2n) is 27.3. The van der Waals surface area contributed by atoms with Crippen LogP contribution >= 0.6 is 15.6 Å². The molecule has 0 aliphatic heterocycles. The molecule has 0 saturated heterocycles. The van der Waals surface area contributed by atoms with Crippen LogP contribution in [0.25, 0.3) is 0 Å². The third-order valence-electron chi connectivity index (χ3n) is 17.2. The number of unbranched alkanes of at least 4 members (excludes halogenated alkanes) is 33. The second-order valence-corrected chi connectivity index (χ2v) is 30.2. The van der Waals surface area contributed by atoms with Crippen LogP contribution in [0.4, 0.5) is 0 Å². The fourth-order valence-corrected chi connectivity index (χ4v) is 12.5. The minimum absolute atomic E-state index is 0.0338. The number of esters is 4. The number of phosphoric acid groups is 2. The summed E-state index contributed by atoms with van der Waals surface area (Å²) in [7, 11) is -9.98. The lowest BCUT2D eigenvalue weighted by Crippen LogP contribution is -2.30. The Morgan fingerprint density at radius 2 is 0.519 bits per heavy atom. The van der Waals surface area contributed by atoms with E-state index in [9.17, 15) is 43.2 Å². The first-order valence-electron chi connectivity index (χ1n) is 41.1. The number of hydrogen-bond acceptors (Lipinski definition) is 15. The zero-order valence-corrected chi connectivity index (χ0v) is 67.5. The Balaban J connectivity index is 5.43. The van der Waals surface area contributed by atoms with Crippen molar-refractivity contribution in [1.29, 1.82) is 0 Å². The zero-order valence-electron chi connectivity index (χ0n) is 65.7. The van der Waals surface area contributed by atoms with Crippen molar-refractivity contribution in [2.75, 3.05) is 39.6 Å². The van der Waals surface area contributed by atoms with E-state index in [1.807, 2.05) is 18.2 Å². The Morgan fingerprint density at radius 1 is 0.279 bits per heavy atom. The fraction of sp³-hybridized carbons (Fsp3) is 0.741. The van der Waals surface area contributed by atoms with Crippen LogP contribution in [0.3, 0.4) is 0 Å². The van der Waals surface area contributed by atoms with Crippen molar-refractivity contribution in [2.24, 2.45) is 0 Å². The van der Waals surface area contributed by atoms with Crippen LogP contribution in [0.15, 0.2) is 109 Å². The summed E-state index contributed by atoms with van der Waals surface area (Å²) in [5.74, 6) is -2.29. The monoisotopic (exact) mass is 1500 g/mol. The first-order valence-corrected chi connectivity index (χ1v) is 44.1. The SMILES string of the molecule is CC/C=C\C/C=C\C/C=C\C/C=C\C/C=C\C/C=C\CCC(=O)OC[C@H](COP(=O)(O)OC[C@@H](O)COP(=O)(O)OC[C@@H](COC(=O)CCCCCCC/C=C\CCCCCCCC)OC(=O)CCCCCCC/C=C\CCCCCCCC)OC(=O)CCCCCCC/C=C\CCCCCCCC. The summed E-state index contributed by atoms with van der Waals surface area (Å²) in [6.07, 6.45) is 83.6. The van der Waals surface area contributed by atoms with Crippen LogP contribution in [0.5, 0.6) is 0 Å². The van der Waals surface area contributed by atoms with Gasteiger partial charge in [0.2, 0.25) is 0 Å². The number of aliphatic hydroxyl groups is 1. The van der Waals surface area contributed by atoms with Gasteiger partial charge >= 0.3 is 39.5 Å². The highest BCUT2D eigenvalue weighted by molar-refractivity contribution is 7.47. The first-order chi connectivity index (χ1) is 50.7. The molecule has 0 fully saturated rings. The third kappa shape index (κ3) is 75.9. The van der Waals surface area contributed by atoms with Crippen LogP contribution < -0.4 is 0 Å². The van der Waals surface area contributed by atoms with Gasteiger partial charge < -0.3 is 33.8 Å². The molecule has 0 amide bonds. The van der Waals surface area contributed by atoms with E-state index < -0.39 is 97.5 Å². The molecule has 2 unspecified atom stereocenters. The molecule has 0 radical (unpaired) electrons. The lowest BCUT2D eigenvalue weighted by atomic mass is 10.1. The maximum Gasteiger partial charge on any atom is 0.472 e. The molecule has 3 N–H and O–H groups in total. The third-order valence-corrected chi connectivity index (χ3v) is 19.1. The van der Waals surface area contributed by atoms with Crippen molar-refractivity contribution in [3.63, 3.8) is 0 Å². The van der Waals surface area contributed by atoms with Gasteiger partial charge in [-0.1, -0.05) is 291 Å². The molecule has 0 heterocycles. The van der Waals surface area contributed by atoms with E-state index in [1.54, 1.807) is 0 Å². The summed E-state index contributed by atoms with van der Waals surface area (Å²) in [4.78, 5) is 73.0. The van der Waals surface area contributed by atoms with Crippen LogP contribution in [-0.2, 0) is 65.4 Å². The van der Waals surface area contributed by atoms with E-state index in [4.69, 9.17) is 37.0 Å². The molecule has 0 aromatic heterocycles. The van der Waals surface area contributed by atoms with Gasteiger partial charge in [0.15, 0.2) is 12.2 Å². The largest absolute Gasteiger partial charge is 0.472 e. The zero-order chi connectivity index (χ0) is 76.0. The highest BCUT2D eigenvalue weighted by Crippen LogP contribution is 2.45. The number of phosphoric ester groups is 2. The molecule has 19 heteroatoms. The normalized spacial score (nSPS) is 14.4. The molecule has 0 aromatic rings. The highest BCUT2D eigenvalue weighted by Gasteiger charge is 2.30. The number of ether oxygens (including phenoxy) is 4. The Kier molecular flexibility index (Phi) is 73.7. The van der Waals surface area contributed by atoms with Crippen molar-refractivity contribution in [1.82, 2.24) is 0 Å². The average molecular weight is 1500 g/mol. The van der Waals surface area contributed by atoms with E-state index in [0.717, 1.165) is 148 Å². The lowest BCUT2D eigenvalue weighted by Gasteiger charge is -2.21. The van der Waals surface area contributed by atoms with Gasteiger partial charge in [-0.15, -0.1) is 0 Å². The summed E-state index contributed by atoms with van der Waals surface area (Å²) in [6.45, 7) is 4.68. The first kappa shape index (κ1) is 99.7. The Hall–Kier alpha value is -4.28. The summed E-state index contributed by atoms with van der Waals surface area (Å²) < 4.78 is 68.6. The van der Waals surface area contributed by atoms with Crippen LogP contribution in [0, 0.1) is 0 Å². The Bertz CT molecular complexity index is 2390. The fourth-order valence-electron chi connectivity index (χ4n) is 10.9. The second kappa shape index (κ2) is 76.9. The molecule has 0 spiro atoms. The molecule has 5 atom stereocenters. The number of aliphatic hydroxyl groups excluding tert-OH is 1. The van der Waals surface area contributed by atoms with Gasteiger partial charge in [-0.05, 0) is 141 Å². The van der Waals surface area contributed by atoms with E-state index in [0.29, 0.717) is 32.1 Å². The molecule has 0 aromatic carbocycles. The standard InChI is InChI=1S/C85H148O17P2/c1-5-9-13-17-21-25-29-33-37-38-39-40-44-46-50-54-58-62-66-70-83(88)96-76-81(102-85(90)72-68-64-60-56-52-48-43-36-32-28-24-20-16-12-8-4)78-100-104(93,94)98-74-79(86)73-97-103(91,92)99-77-80(101-84(89)71-67-63-59-55-51-47-42-35-31-27-23-19-15-11-7-3)75-95-82(87)69-65-61-57-53-49-45-41-34-30-26-22-18-14-10-6-2/h9,13,21,25,33-37,39-43,46,50,58,62,79-81,86H,5-8,10-12,14-20,22-24,26-32,38,44-45,47-49,51-57,59-61,63-78H2,1-4H3,(H,91,92)(H,93,94)/b13-9-,25-21-,37-33-,40-39-,41-34-,42-35-,43-36-,50-46-,62-58-/t79-,80+,81+/m0/s1. The van der Waals surface area contributed by atoms with Crippen molar-refractivity contribution >= 4 is 39.5 Å². The predicted octanol–water partition coefficient (Wildman–Crippen LogP) is 24.1. The van der Waals surface area contributed by atoms with Crippen molar-refractivity contribution < 1.29 is 80.2 Å². The molecule has 104 heavy (non-hydrogen) atoms. The maximum atomic E-state index is 13.1. The smallest absolute Gasteiger partial charge is 0.462 e. The van der Waals surface area contributed by atoms with Crippen LogP contribution in [-0.4, -0.2) is 96.7 Å². The topological polar surface area (TPSA) is 237 Å². The van der Waals surface area contributed by atoms with Crippen molar-refractivity contribution in [3.05, 3.63) is 109 Å². The van der Waals surface area contributed by atoms with Gasteiger partial charge in [0.1, 0.15) is 19.3 Å². The summed E-state index contributed by atoms with van der Waals surface area (Å²) >= 11 is 0. The Morgan fingerprint density at radius 3 is 0.827 bits per heavy atom. The van der Waals surface area contributed by atoms with Gasteiger partial charge in [-0.25, -0.2) is 9.13 Å². The molecule has 0 aliphatic carbocycles. The average Bonchev–Trinajstić information content (AvgIpc) is 0.918. The number of rotatable bonds is 77. The number of allylic oxidation sites excluding steroid dienone is 18. The van der Waals surface area contributed by atoms with Gasteiger partial charge in [-0.2, -0.15) is 0 Å². The molecule has 0 bridgehead atoms. The van der Waals surface area contributed by atoms with E-state index in [1.165, 1.54) is 116 Å². The number of hydrogen-bond donors (Lipinski definition) is 3. The van der Waals surface area contributed by atoms with Crippen LogP contribution in [0.2, 0.25) is 0 Å². The van der Waals surface area contributed by atoms with Gasteiger partial charge in [0.05, 0.1) is 26.4 Å². The molecular formula is C85H148O17P2. The molecule has 0 aliphatic rings. The maximum absolute atomic E-state index is 13.1. The summed E-state index contributed by atoms with van der Waals surface area (Å²) in [6, 6.07) is 0. The van der Waals surface area contributed by atoms with Crippen molar-refractivity contribution in [3.8, 4) is 0 Å². The minimum atomic E-state index is -5.00. The van der Waals surface area contributed by atoms with Crippen molar-refractivity contribution in [2.45, 2.75) is 367 Å². The molecule has 0 saturated carbocycles.